The molecule has 6 atom stereocenters. The van der Waals surface area contributed by atoms with Crippen molar-refractivity contribution in [1.29, 1.82) is 0 Å². The lowest BCUT2D eigenvalue weighted by Gasteiger charge is -2.21. The number of aliphatic hydroxyl groups excluding tert-OH is 1. The van der Waals surface area contributed by atoms with Crippen molar-refractivity contribution >= 4 is 39.5 Å². The van der Waals surface area contributed by atoms with E-state index in [1.807, 2.05) is 0 Å². The molecule has 0 aliphatic rings. The molecule has 3 N–H and O–H groups in total. The zero-order valence-electron chi connectivity index (χ0n) is 60.6. The maximum absolute atomic E-state index is 13.1. The Kier molecular flexibility index (Phi) is 64.6. The highest BCUT2D eigenvalue weighted by Crippen LogP contribution is 2.45. The monoisotopic (exact) mass is 1370 g/mol. The first-order valence-corrected chi connectivity index (χ1v) is 41.5. The molecule has 0 aliphatic heterocycles. The second-order valence-corrected chi connectivity index (χ2v) is 30.3. The van der Waals surface area contributed by atoms with Crippen LogP contribution in [0.1, 0.15) is 382 Å². The fourth-order valence-corrected chi connectivity index (χ4v) is 12.8. The standard InChI is InChI=1S/C74H144O17P2/c1-7-10-12-14-16-18-19-20-21-22-23-27-30-33-39-45-51-57-72(77)85-63-69(90-73(78)58-52-46-40-34-31-28-25-24-26-29-32-37-43-49-55-67(6)9-3)64-88-92(80,81)86-60-68(75)61-87-93(82,83)89-65-70(62-84-71(76)56-50-44-38-17-15-13-11-8-2)91-74(79)59-53-47-41-35-36-42-48-54-66(4)5/h66-70,75H,7-65H2,1-6H3,(H,80,81)(H,82,83)/t67?,68-,69-,70-/m1/s1. The number of hydrogen-bond acceptors (Lipinski definition) is 15. The van der Waals surface area contributed by atoms with Gasteiger partial charge in [0, 0.05) is 25.7 Å². The molecule has 93 heavy (non-hydrogen) atoms. The number of phosphoric ester groups is 2. The van der Waals surface area contributed by atoms with Crippen molar-refractivity contribution in [2.24, 2.45) is 11.8 Å². The minimum Gasteiger partial charge on any atom is -0.462 e. The average molecular weight is 1370 g/mol. The molecule has 0 spiro atoms. The van der Waals surface area contributed by atoms with Gasteiger partial charge in [0.1, 0.15) is 19.3 Å². The number of carbonyl (C=O) groups excluding carboxylic acids is 4. The summed E-state index contributed by atoms with van der Waals surface area (Å²) in [4.78, 5) is 72.6. The van der Waals surface area contributed by atoms with Crippen molar-refractivity contribution < 1.29 is 80.2 Å². The summed E-state index contributed by atoms with van der Waals surface area (Å²) in [7, 11) is -9.90. The van der Waals surface area contributed by atoms with E-state index in [0.29, 0.717) is 31.6 Å². The summed E-state index contributed by atoms with van der Waals surface area (Å²) in [5.74, 6) is -0.581. The first-order chi connectivity index (χ1) is 44.9. The minimum absolute atomic E-state index is 0.103. The van der Waals surface area contributed by atoms with Crippen LogP contribution in [0.25, 0.3) is 0 Å². The Morgan fingerprint density at radius 1 is 0.312 bits per heavy atom. The van der Waals surface area contributed by atoms with Gasteiger partial charge in [0.05, 0.1) is 26.4 Å². The van der Waals surface area contributed by atoms with Crippen LogP contribution >= 0.6 is 15.6 Å². The quantitative estimate of drug-likeness (QED) is 0.0222. The highest BCUT2D eigenvalue weighted by molar-refractivity contribution is 7.47. The lowest BCUT2D eigenvalue weighted by atomic mass is 9.99. The van der Waals surface area contributed by atoms with Crippen LogP contribution in [0.4, 0.5) is 0 Å². The molecule has 19 heteroatoms. The maximum atomic E-state index is 13.1. The van der Waals surface area contributed by atoms with Crippen LogP contribution in [-0.4, -0.2) is 96.7 Å². The number of rotatable bonds is 73. The molecule has 0 radical (unpaired) electrons. The molecule has 552 valence electrons. The Hall–Kier alpha value is -1.94. The first-order valence-electron chi connectivity index (χ1n) is 38.5. The summed E-state index contributed by atoms with van der Waals surface area (Å²) >= 11 is 0. The van der Waals surface area contributed by atoms with E-state index in [-0.39, 0.29) is 25.7 Å². The summed E-state index contributed by atoms with van der Waals surface area (Å²) in [5, 5.41) is 10.6. The van der Waals surface area contributed by atoms with Crippen LogP contribution in [-0.2, 0) is 65.4 Å². The summed E-state index contributed by atoms with van der Waals surface area (Å²) in [6.07, 6.45) is 52.9. The van der Waals surface area contributed by atoms with E-state index < -0.39 is 97.5 Å². The third kappa shape index (κ3) is 67.0. The molecule has 0 saturated carbocycles. The zero-order chi connectivity index (χ0) is 68.6. The summed E-state index contributed by atoms with van der Waals surface area (Å²) < 4.78 is 68.3. The number of phosphoric acid groups is 2. The number of unbranched alkanes of at least 4 members (excludes halogenated alkanes) is 42. The van der Waals surface area contributed by atoms with Crippen LogP contribution < -0.4 is 0 Å². The van der Waals surface area contributed by atoms with Gasteiger partial charge in [-0.05, 0) is 37.5 Å². The van der Waals surface area contributed by atoms with Gasteiger partial charge >= 0.3 is 39.5 Å². The fraction of sp³-hybridized carbons (Fsp3) is 0.946. The largest absolute Gasteiger partial charge is 0.472 e. The highest BCUT2D eigenvalue weighted by Gasteiger charge is 2.30. The van der Waals surface area contributed by atoms with Gasteiger partial charge in [0.15, 0.2) is 12.2 Å². The molecule has 0 fully saturated rings. The number of aliphatic hydroxyl groups is 1. The van der Waals surface area contributed by atoms with Crippen molar-refractivity contribution in [2.75, 3.05) is 39.6 Å². The number of hydrogen-bond donors (Lipinski definition) is 3. The van der Waals surface area contributed by atoms with Gasteiger partial charge in [-0.25, -0.2) is 9.13 Å². The molecular formula is C74H144O17P2. The molecule has 0 aromatic rings. The summed E-state index contributed by atoms with van der Waals surface area (Å²) in [6, 6.07) is 0. The smallest absolute Gasteiger partial charge is 0.462 e. The minimum atomic E-state index is -4.96. The zero-order valence-corrected chi connectivity index (χ0v) is 62.3. The van der Waals surface area contributed by atoms with Crippen molar-refractivity contribution in [3.63, 3.8) is 0 Å². The van der Waals surface area contributed by atoms with Gasteiger partial charge in [-0.2, -0.15) is 0 Å². The Labute approximate surface area is 568 Å². The van der Waals surface area contributed by atoms with E-state index in [9.17, 15) is 43.2 Å². The number of ether oxygens (including phenoxy) is 4. The molecule has 0 rings (SSSR count). The molecule has 0 saturated heterocycles. The van der Waals surface area contributed by atoms with Gasteiger partial charge in [-0.15, -0.1) is 0 Å². The summed E-state index contributed by atoms with van der Waals surface area (Å²) in [6.45, 7) is 9.54. The van der Waals surface area contributed by atoms with E-state index in [4.69, 9.17) is 37.0 Å². The molecule has 0 aliphatic carbocycles. The molecule has 0 aromatic heterocycles. The lowest BCUT2D eigenvalue weighted by Crippen LogP contribution is -2.30. The number of carbonyl (C=O) groups is 4. The molecule has 0 heterocycles. The Balaban J connectivity index is 5.20. The van der Waals surface area contributed by atoms with Gasteiger partial charge in [0.2, 0.25) is 0 Å². The first kappa shape index (κ1) is 91.1. The average Bonchev–Trinajstić information content (AvgIpc) is 1.77. The number of esters is 4. The third-order valence-corrected chi connectivity index (χ3v) is 19.5. The van der Waals surface area contributed by atoms with Gasteiger partial charge in [-0.1, -0.05) is 330 Å². The van der Waals surface area contributed by atoms with E-state index in [1.54, 1.807) is 0 Å². The van der Waals surface area contributed by atoms with Crippen LogP contribution in [0.5, 0.6) is 0 Å². The SMILES string of the molecule is CCCCCCCCCCCCCCCCCCCC(=O)OC[C@H](COP(=O)(O)OC[C@@H](O)COP(=O)(O)OC[C@@H](COC(=O)CCCCCCCCCC)OC(=O)CCCCCCCCCC(C)C)OC(=O)CCCCCCCCCCCCCCCCC(C)CC. The second kappa shape index (κ2) is 66.0. The van der Waals surface area contributed by atoms with Crippen LogP contribution in [0.3, 0.4) is 0 Å². The van der Waals surface area contributed by atoms with E-state index >= 15 is 0 Å². The van der Waals surface area contributed by atoms with Gasteiger partial charge < -0.3 is 33.8 Å². The Morgan fingerprint density at radius 2 is 0.548 bits per heavy atom. The van der Waals surface area contributed by atoms with Crippen molar-refractivity contribution in [3.05, 3.63) is 0 Å². The predicted octanol–water partition coefficient (Wildman–Crippen LogP) is 21.6. The molecular weight excluding hydrogens is 1220 g/mol. The maximum Gasteiger partial charge on any atom is 0.472 e. The molecule has 0 bridgehead atoms. The van der Waals surface area contributed by atoms with E-state index in [0.717, 1.165) is 102 Å². The highest BCUT2D eigenvalue weighted by atomic mass is 31.2. The second-order valence-electron chi connectivity index (χ2n) is 27.4. The van der Waals surface area contributed by atoms with E-state index in [1.165, 1.54) is 193 Å². The van der Waals surface area contributed by atoms with Crippen LogP contribution in [0.15, 0.2) is 0 Å². The van der Waals surface area contributed by atoms with Gasteiger partial charge in [-0.3, -0.25) is 37.3 Å². The Morgan fingerprint density at radius 3 is 0.817 bits per heavy atom. The van der Waals surface area contributed by atoms with Gasteiger partial charge in [0.25, 0.3) is 0 Å². The molecule has 17 nitrogen and oxygen atoms in total. The van der Waals surface area contributed by atoms with Crippen molar-refractivity contribution in [1.82, 2.24) is 0 Å². The normalized spacial score (nSPS) is 14.3. The predicted molar refractivity (Wildman–Crippen MR) is 377 cm³/mol. The summed E-state index contributed by atoms with van der Waals surface area (Å²) in [5.41, 5.74) is 0. The molecule has 0 amide bonds. The third-order valence-electron chi connectivity index (χ3n) is 17.6. The van der Waals surface area contributed by atoms with Crippen LogP contribution in [0.2, 0.25) is 0 Å². The fourth-order valence-electron chi connectivity index (χ4n) is 11.3. The van der Waals surface area contributed by atoms with E-state index in [2.05, 4.69) is 41.5 Å². The van der Waals surface area contributed by atoms with Crippen LogP contribution in [0, 0.1) is 11.8 Å². The van der Waals surface area contributed by atoms with Crippen molar-refractivity contribution in [2.45, 2.75) is 400 Å². The van der Waals surface area contributed by atoms with Crippen molar-refractivity contribution in [3.8, 4) is 0 Å². The molecule has 3 unspecified atom stereocenters. The Bertz CT molecular complexity index is 1810. The topological polar surface area (TPSA) is 237 Å². The molecule has 0 aromatic carbocycles. The lowest BCUT2D eigenvalue weighted by molar-refractivity contribution is -0.161.